The number of nitrogens with zero attached hydrogens (tertiary/aromatic N) is 6. The van der Waals surface area contributed by atoms with Crippen LogP contribution in [0.15, 0.2) is 48.8 Å². The molecule has 0 radical (unpaired) electrons. The number of amides is 1. The van der Waals surface area contributed by atoms with Crippen molar-refractivity contribution in [2.45, 2.75) is 26.1 Å². The molecule has 1 fully saturated rings. The van der Waals surface area contributed by atoms with Gasteiger partial charge in [-0.15, -0.1) is 0 Å². The zero-order valence-electron chi connectivity index (χ0n) is 23.4. The Morgan fingerprint density at radius 3 is 2.36 bits per heavy atom. The van der Waals surface area contributed by atoms with Crippen molar-refractivity contribution in [3.63, 3.8) is 0 Å². The molecule has 222 valence electrons. The summed E-state index contributed by atoms with van der Waals surface area (Å²) in [6.07, 6.45) is -1.93. The van der Waals surface area contributed by atoms with Crippen LogP contribution in [0.3, 0.4) is 0 Å². The van der Waals surface area contributed by atoms with Crippen LogP contribution >= 0.6 is 0 Å². The summed E-state index contributed by atoms with van der Waals surface area (Å²) < 4.78 is 54.1. The molecule has 1 aliphatic rings. The molecule has 10 nitrogen and oxygen atoms in total. The topological polar surface area (TPSA) is 105 Å². The van der Waals surface area contributed by atoms with Gasteiger partial charge in [0.25, 0.3) is 5.91 Å². The number of pyridine rings is 1. The van der Waals surface area contributed by atoms with Crippen molar-refractivity contribution in [3.05, 3.63) is 71.2 Å². The predicted octanol–water partition coefficient (Wildman–Crippen LogP) is 4.02. The zero-order chi connectivity index (χ0) is 30.0. The maximum atomic E-state index is 14.3. The lowest BCUT2D eigenvalue weighted by Gasteiger charge is -2.38. The van der Waals surface area contributed by atoms with Crippen LogP contribution in [-0.4, -0.2) is 86.9 Å². The first-order valence-corrected chi connectivity index (χ1v) is 13.5. The molecule has 0 unspecified atom stereocenters. The third kappa shape index (κ3) is 5.61. The van der Waals surface area contributed by atoms with Crippen LogP contribution in [0.1, 0.15) is 40.1 Å². The molecule has 0 aliphatic carbocycles. The van der Waals surface area contributed by atoms with E-state index in [1.165, 1.54) is 14.0 Å². The summed E-state index contributed by atoms with van der Waals surface area (Å²) in [6.45, 7) is 5.06. The molecule has 0 spiro atoms. The van der Waals surface area contributed by atoms with Gasteiger partial charge in [-0.05, 0) is 43.7 Å². The normalized spacial score (nSPS) is 15.2. The highest BCUT2D eigenvalue weighted by Gasteiger charge is 2.39. The number of benzene rings is 1. The molecule has 4 heterocycles. The Morgan fingerprint density at radius 2 is 1.79 bits per heavy atom. The number of carbonyl (C=O) groups is 1. The van der Waals surface area contributed by atoms with Gasteiger partial charge in [0.1, 0.15) is 11.3 Å². The van der Waals surface area contributed by atoms with Crippen molar-refractivity contribution < 1.29 is 32.5 Å². The average Bonchev–Trinajstić information content (AvgIpc) is 3.40. The summed E-state index contributed by atoms with van der Waals surface area (Å²) >= 11 is 0. The molecule has 1 N–H and O–H groups in total. The number of fused-ring (bicyclic) bond motifs is 1. The van der Waals surface area contributed by atoms with Crippen LogP contribution in [0.25, 0.3) is 16.9 Å². The number of piperazine rings is 1. The maximum Gasteiger partial charge on any atom is 0.433 e. The van der Waals surface area contributed by atoms with E-state index >= 15 is 0 Å². The van der Waals surface area contributed by atoms with E-state index in [2.05, 4.69) is 15.1 Å². The quantitative estimate of drug-likeness (QED) is 0.331. The number of aliphatic hydroxyl groups excluding tert-OH is 1. The lowest BCUT2D eigenvalue weighted by Crippen LogP contribution is -2.50. The number of ether oxygens (including phenoxy) is 2. The summed E-state index contributed by atoms with van der Waals surface area (Å²) in [4.78, 5) is 26.0. The van der Waals surface area contributed by atoms with E-state index in [4.69, 9.17) is 9.47 Å². The van der Waals surface area contributed by atoms with Crippen LogP contribution in [0, 0.1) is 6.92 Å². The number of methoxy groups -OCH3 is 1. The second-order valence-corrected chi connectivity index (χ2v) is 9.84. The van der Waals surface area contributed by atoms with Crippen LogP contribution in [0.4, 0.5) is 13.2 Å². The minimum atomic E-state index is -4.74. The first-order chi connectivity index (χ1) is 20.2. The van der Waals surface area contributed by atoms with E-state index in [9.17, 15) is 23.1 Å². The molecule has 1 amide bonds. The molecule has 42 heavy (non-hydrogen) atoms. The second-order valence-electron chi connectivity index (χ2n) is 9.84. The van der Waals surface area contributed by atoms with Gasteiger partial charge in [0.05, 0.1) is 38.3 Å². The first-order valence-electron chi connectivity index (χ1n) is 13.5. The molecule has 0 bridgehead atoms. The monoisotopic (exact) mass is 584 g/mol. The van der Waals surface area contributed by atoms with Crippen LogP contribution in [0.2, 0.25) is 0 Å². The molecule has 3 aromatic heterocycles. The van der Waals surface area contributed by atoms with Crippen molar-refractivity contribution >= 4 is 11.6 Å². The third-order valence-corrected chi connectivity index (χ3v) is 7.40. The minimum absolute atomic E-state index is 0.0156. The molecule has 4 aromatic rings. The molecule has 1 atom stereocenters. The summed E-state index contributed by atoms with van der Waals surface area (Å²) in [5.74, 6) is 0.586. The number of hydrogen-bond acceptors (Lipinski definition) is 8. The highest BCUT2D eigenvalue weighted by Crippen LogP contribution is 2.37. The number of carbonyl (C=O) groups excluding carboxylic acids is 1. The Kier molecular flexibility index (Phi) is 8.32. The maximum absolute atomic E-state index is 14.3. The number of hydrogen-bond donors (Lipinski definition) is 1. The molecule has 1 aromatic carbocycles. The van der Waals surface area contributed by atoms with Gasteiger partial charge in [-0.2, -0.15) is 18.3 Å². The fourth-order valence-electron chi connectivity index (χ4n) is 5.25. The highest BCUT2D eigenvalue weighted by molar-refractivity contribution is 6.00. The fraction of sp³-hybridized carbons (Fsp3) is 0.379. The van der Waals surface area contributed by atoms with Gasteiger partial charge in [-0.1, -0.05) is 6.07 Å². The Hall–Kier alpha value is -4.23. The number of aromatic nitrogens is 4. The SMILES string of the molecule is CCOc1ccc([C@@H](CO)N2CCN(C(=O)c3cnn4c(C(F)(F)F)c(C)c(-c5ccc(OC)cc5)nc34)CC2)cn1. The second kappa shape index (κ2) is 11.9. The van der Waals surface area contributed by atoms with E-state index in [-0.39, 0.29) is 35.1 Å². The van der Waals surface area contributed by atoms with Gasteiger partial charge in [-0.25, -0.2) is 14.5 Å². The Morgan fingerprint density at radius 1 is 1.07 bits per heavy atom. The first kappa shape index (κ1) is 29.3. The number of alkyl halides is 3. The summed E-state index contributed by atoms with van der Waals surface area (Å²) in [5, 5.41) is 14.1. The molecule has 1 aliphatic heterocycles. The molecular formula is C29H31F3N6O4. The van der Waals surface area contributed by atoms with Gasteiger partial charge in [0.2, 0.25) is 5.88 Å². The van der Waals surface area contributed by atoms with Crippen molar-refractivity contribution in [1.82, 2.24) is 29.4 Å². The lowest BCUT2D eigenvalue weighted by molar-refractivity contribution is -0.143. The van der Waals surface area contributed by atoms with E-state index in [0.717, 1.165) is 11.8 Å². The van der Waals surface area contributed by atoms with Crippen LogP contribution < -0.4 is 9.47 Å². The van der Waals surface area contributed by atoms with E-state index in [1.807, 2.05) is 17.9 Å². The van der Waals surface area contributed by atoms with Gasteiger partial charge in [0.15, 0.2) is 11.3 Å². The van der Waals surface area contributed by atoms with Crippen molar-refractivity contribution in [3.8, 4) is 22.9 Å². The van der Waals surface area contributed by atoms with Gasteiger partial charge in [0, 0.05) is 49.6 Å². The lowest BCUT2D eigenvalue weighted by atomic mass is 10.0. The smallest absolute Gasteiger partial charge is 0.433 e. The van der Waals surface area contributed by atoms with E-state index < -0.39 is 17.8 Å². The fourth-order valence-corrected chi connectivity index (χ4v) is 5.25. The highest BCUT2D eigenvalue weighted by atomic mass is 19.4. The summed E-state index contributed by atoms with van der Waals surface area (Å²) in [6, 6.07) is 9.79. The van der Waals surface area contributed by atoms with E-state index in [0.29, 0.717) is 54.5 Å². The molecular weight excluding hydrogens is 553 g/mol. The van der Waals surface area contributed by atoms with Crippen LogP contribution in [0.5, 0.6) is 11.6 Å². The van der Waals surface area contributed by atoms with E-state index in [1.54, 1.807) is 41.4 Å². The molecule has 13 heteroatoms. The number of halogens is 3. The van der Waals surface area contributed by atoms with Gasteiger partial charge >= 0.3 is 6.18 Å². The molecule has 1 saturated heterocycles. The zero-order valence-corrected chi connectivity index (χ0v) is 23.4. The van der Waals surface area contributed by atoms with Crippen molar-refractivity contribution in [1.29, 1.82) is 0 Å². The van der Waals surface area contributed by atoms with Gasteiger partial charge < -0.3 is 19.5 Å². The minimum Gasteiger partial charge on any atom is -0.497 e. The van der Waals surface area contributed by atoms with Crippen molar-refractivity contribution in [2.24, 2.45) is 0 Å². The summed E-state index contributed by atoms with van der Waals surface area (Å²) in [5.41, 5.74) is 0.0956. The third-order valence-electron chi connectivity index (χ3n) is 7.40. The molecule has 5 rings (SSSR count). The Bertz CT molecular complexity index is 1550. The number of aliphatic hydroxyl groups is 1. The largest absolute Gasteiger partial charge is 0.497 e. The Labute approximate surface area is 240 Å². The van der Waals surface area contributed by atoms with Crippen molar-refractivity contribution in [2.75, 3.05) is 46.5 Å². The predicted molar refractivity (Wildman–Crippen MR) is 147 cm³/mol. The number of rotatable bonds is 8. The van der Waals surface area contributed by atoms with Crippen LogP contribution in [-0.2, 0) is 6.18 Å². The van der Waals surface area contributed by atoms with Gasteiger partial charge in [-0.3, -0.25) is 9.69 Å². The summed E-state index contributed by atoms with van der Waals surface area (Å²) in [7, 11) is 1.50. The average molecular weight is 585 g/mol. The standard InChI is InChI=1S/C29H31F3N6O4/c1-4-42-24-10-7-20(15-33-24)23(17-39)36-11-13-37(14-12-36)28(40)22-16-34-38-26(29(30,31)32)18(2)25(35-27(22)38)19-5-8-21(41-3)9-6-19/h5-10,15-16,23,39H,4,11-14,17H2,1-3H3/t23-/m1/s1. The molecule has 0 saturated carbocycles. The Balaban J connectivity index is 1.41.